The minimum absolute atomic E-state index is 0.0357. The van der Waals surface area contributed by atoms with Crippen LogP contribution >= 0.6 is 0 Å². The first kappa shape index (κ1) is 15.7. The van der Waals surface area contributed by atoms with Crippen LogP contribution in [-0.4, -0.2) is 21.6 Å². The van der Waals surface area contributed by atoms with Crippen LogP contribution in [0, 0.1) is 0 Å². The van der Waals surface area contributed by atoms with E-state index >= 15 is 0 Å². The number of para-hydroxylation sites is 3. The molecule has 1 amide bonds. The van der Waals surface area contributed by atoms with Gasteiger partial charge in [-0.05, 0) is 36.6 Å². The van der Waals surface area contributed by atoms with Crippen LogP contribution in [0.4, 0.5) is 5.69 Å². The van der Waals surface area contributed by atoms with Gasteiger partial charge < -0.3 is 4.90 Å². The molecule has 0 radical (unpaired) electrons. The maximum atomic E-state index is 12.9. The number of amides is 1. The van der Waals surface area contributed by atoms with Crippen molar-refractivity contribution < 1.29 is 4.79 Å². The van der Waals surface area contributed by atoms with E-state index in [1.807, 2.05) is 49.4 Å². The maximum absolute atomic E-state index is 12.9. The average molecular weight is 335 g/mol. The Labute approximate surface area is 146 Å². The van der Waals surface area contributed by atoms with Gasteiger partial charge in [-0.25, -0.2) is 4.79 Å². The zero-order valence-electron chi connectivity index (χ0n) is 14.3. The summed E-state index contributed by atoms with van der Waals surface area (Å²) in [5, 5.41) is 0. The van der Waals surface area contributed by atoms with Crippen molar-refractivity contribution in [3.05, 3.63) is 64.6 Å². The van der Waals surface area contributed by atoms with Crippen molar-refractivity contribution in [1.29, 1.82) is 0 Å². The standard InChI is InChI=1S/C20H21N3O2/c1-2-12-22-17-9-5-6-10-18(17)23(20(22)25)14-19(24)21-13-11-15-7-3-4-8-16(15)21/h3-10H,2,11-14H2,1H3. The van der Waals surface area contributed by atoms with Crippen molar-refractivity contribution in [2.45, 2.75) is 32.9 Å². The molecule has 0 N–H and O–H groups in total. The molecule has 1 aliphatic rings. The normalized spacial score (nSPS) is 13.4. The largest absolute Gasteiger partial charge is 0.329 e. The second-order valence-electron chi connectivity index (χ2n) is 6.43. The lowest BCUT2D eigenvalue weighted by Crippen LogP contribution is -2.36. The predicted molar refractivity (Wildman–Crippen MR) is 99.0 cm³/mol. The molecule has 5 nitrogen and oxygen atoms in total. The number of benzene rings is 2. The molecule has 0 aliphatic carbocycles. The van der Waals surface area contributed by atoms with E-state index in [4.69, 9.17) is 0 Å². The second kappa shape index (κ2) is 6.24. The lowest BCUT2D eigenvalue weighted by molar-refractivity contribution is -0.119. The van der Waals surface area contributed by atoms with Gasteiger partial charge in [-0.15, -0.1) is 0 Å². The summed E-state index contributed by atoms with van der Waals surface area (Å²) in [5.41, 5.74) is 3.77. The number of hydrogen-bond acceptors (Lipinski definition) is 2. The molecule has 0 fully saturated rings. The van der Waals surface area contributed by atoms with E-state index in [-0.39, 0.29) is 18.1 Å². The number of fused-ring (bicyclic) bond motifs is 2. The van der Waals surface area contributed by atoms with Crippen molar-refractivity contribution in [3.8, 4) is 0 Å². The van der Waals surface area contributed by atoms with Crippen LogP contribution in [0.2, 0.25) is 0 Å². The van der Waals surface area contributed by atoms with E-state index in [1.54, 1.807) is 14.0 Å². The zero-order chi connectivity index (χ0) is 17.4. The van der Waals surface area contributed by atoms with Crippen molar-refractivity contribution in [2.24, 2.45) is 0 Å². The van der Waals surface area contributed by atoms with Gasteiger partial charge in [0.05, 0.1) is 11.0 Å². The number of rotatable bonds is 4. The molecule has 1 aliphatic heterocycles. The Morgan fingerprint density at radius 2 is 1.68 bits per heavy atom. The van der Waals surface area contributed by atoms with Crippen LogP contribution in [-0.2, 0) is 24.3 Å². The Morgan fingerprint density at radius 3 is 2.44 bits per heavy atom. The molecule has 0 spiro atoms. The Kier molecular flexibility index (Phi) is 3.92. The number of carbonyl (C=O) groups is 1. The molecule has 3 aromatic rings. The molecular formula is C20H21N3O2. The molecule has 0 saturated heterocycles. The van der Waals surface area contributed by atoms with Gasteiger partial charge in [-0.3, -0.25) is 13.9 Å². The molecule has 2 heterocycles. The van der Waals surface area contributed by atoms with E-state index in [9.17, 15) is 9.59 Å². The summed E-state index contributed by atoms with van der Waals surface area (Å²) in [6.45, 7) is 3.46. The summed E-state index contributed by atoms with van der Waals surface area (Å²) in [6.07, 6.45) is 1.75. The number of aryl methyl sites for hydroxylation is 1. The SMILES string of the molecule is CCCn1c(=O)n(CC(=O)N2CCc3ccccc32)c2ccccc21. The molecule has 25 heavy (non-hydrogen) atoms. The van der Waals surface area contributed by atoms with Crippen LogP contribution in [0.3, 0.4) is 0 Å². The first-order valence-corrected chi connectivity index (χ1v) is 8.77. The number of anilines is 1. The minimum atomic E-state index is -0.108. The van der Waals surface area contributed by atoms with Gasteiger partial charge in [0.2, 0.25) is 5.91 Å². The first-order chi connectivity index (χ1) is 12.2. The topological polar surface area (TPSA) is 47.2 Å². The quantitative estimate of drug-likeness (QED) is 0.736. The fourth-order valence-electron chi connectivity index (χ4n) is 3.68. The molecule has 4 rings (SSSR count). The van der Waals surface area contributed by atoms with Crippen LogP contribution in [0.1, 0.15) is 18.9 Å². The van der Waals surface area contributed by atoms with Crippen LogP contribution in [0.5, 0.6) is 0 Å². The molecule has 0 bridgehead atoms. The summed E-state index contributed by atoms with van der Waals surface area (Å²) in [4.78, 5) is 27.5. The van der Waals surface area contributed by atoms with Crippen molar-refractivity contribution in [3.63, 3.8) is 0 Å². The predicted octanol–water partition coefficient (Wildman–Crippen LogP) is 2.80. The van der Waals surface area contributed by atoms with Gasteiger partial charge >= 0.3 is 5.69 Å². The van der Waals surface area contributed by atoms with E-state index in [1.165, 1.54) is 5.56 Å². The van der Waals surface area contributed by atoms with Gasteiger partial charge in [0.25, 0.3) is 0 Å². The first-order valence-electron chi connectivity index (χ1n) is 8.77. The fourth-order valence-corrected chi connectivity index (χ4v) is 3.68. The Hall–Kier alpha value is -2.82. The lowest BCUT2D eigenvalue weighted by Gasteiger charge is -2.17. The number of aromatic nitrogens is 2. The maximum Gasteiger partial charge on any atom is 0.329 e. The third kappa shape index (κ3) is 2.56. The van der Waals surface area contributed by atoms with Gasteiger partial charge in [0.15, 0.2) is 0 Å². The van der Waals surface area contributed by atoms with Crippen LogP contribution in [0.25, 0.3) is 11.0 Å². The monoisotopic (exact) mass is 335 g/mol. The fraction of sp³-hybridized carbons (Fsp3) is 0.300. The highest BCUT2D eigenvalue weighted by Gasteiger charge is 2.25. The number of hydrogen-bond donors (Lipinski definition) is 0. The summed E-state index contributed by atoms with van der Waals surface area (Å²) >= 11 is 0. The average Bonchev–Trinajstić information content (AvgIpc) is 3.17. The molecule has 5 heteroatoms. The third-order valence-corrected chi connectivity index (χ3v) is 4.85. The third-order valence-electron chi connectivity index (χ3n) is 4.85. The molecule has 0 atom stereocenters. The number of carbonyl (C=O) groups excluding carboxylic acids is 1. The summed E-state index contributed by atoms with van der Waals surface area (Å²) < 4.78 is 3.37. The van der Waals surface area contributed by atoms with Crippen molar-refractivity contribution >= 4 is 22.6 Å². The van der Waals surface area contributed by atoms with E-state index in [2.05, 4.69) is 6.07 Å². The number of nitrogens with zero attached hydrogens (tertiary/aromatic N) is 3. The summed E-state index contributed by atoms with van der Waals surface area (Å²) in [5.74, 6) is -0.0357. The summed E-state index contributed by atoms with van der Waals surface area (Å²) in [7, 11) is 0. The highest BCUT2D eigenvalue weighted by molar-refractivity contribution is 5.96. The van der Waals surface area contributed by atoms with Crippen LogP contribution in [0.15, 0.2) is 53.3 Å². The molecular weight excluding hydrogens is 314 g/mol. The molecule has 0 unspecified atom stereocenters. The second-order valence-corrected chi connectivity index (χ2v) is 6.43. The Balaban J connectivity index is 1.71. The Morgan fingerprint density at radius 1 is 1.00 bits per heavy atom. The highest BCUT2D eigenvalue weighted by Crippen LogP contribution is 2.27. The van der Waals surface area contributed by atoms with E-state index < -0.39 is 0 Å². The zero-order valence-corrected chi connectivity index (χ0v) is 14.3. The molecule has 0 saturated carbocycles. The molecule has 2 aromatic carbocycles. The Bertz CT molecular complexity index is 1000. The van der Waals surface area contributed by atoms with Gasteiger partial charge in [-0.2, -0.15) is 0 Å². The lowest BCUT2D eigenvalue weighted by atomic mass is 10.2. The van der Waals surface area contributed by atoms with Crippen LogP contribution < -0.4 is 10.6 Å². The highest BCUT2D eigenvalue weighted by atomic mass is 16.2. The van der Waals surface area contributed by atoms with Gasteiger partial charge in [0, 0.05) is 18.8 Å². The summed E-state index contributed by atoms with van der Waals surface area (Å²) in [6, 6.07) is 15.7. The van der Waals surface area contributed by atoms with E-state index in [0.717, 1.165) is 29.6 Å². The smallest absolute Gasteiger partial charge is 0.310 e. The minimum Gasteiger partial charge on any atom is -0.310 e. The van der Waals surface area contributed by atoms with E-state index in [0.29, 0.717) is 13.1 Å². The van der Waals surface area contributed by atoms with Crippen molar-refractivity contribution in [1.82, 2.24) is 9.13 Å². The van der Waals surface area contributed by atoms with Gasteiger partial charge in [-0.1, -0.05) is 37.3 Å². The number of imidazole rings is 1. The van der Waals surface area contributed by atoms with Crippen molar-refractivity contribution in [2.75, 3.05) is 11.4 Å². The van der Waals surface area contributed by atoms with Gasteiger partial charge in [0.1, 0.15) is 6.54 Å². The molecule has 128 valence electrons. The molecule has 1 aromatic heterocycles.